The van der Waals surface area contributed by atoms with Crippen molar-refractivity contribution in [1.29, 1.82) is 0 Å². The minimum Gasteiger partial charge on any atom is -0.492 e. The number of carboxylic acids is 1. The zero-order chi connectivity index (χ0) is 16.5. The van der Waals surface area contributed by atoms with Crippen molar-refractivity contribution in [3.8, 4) is 5.75 Å². The van der Waals surface area contributed by atoms with E-state index >= 15 is 0 Å². The third kappa shape index (κ3) is 5.28. The second-order valence-corrected chi connectivity index (χ2v) is 4.03. The maximum Gasteiger partial charge on any atom is 0.338 e. The van der Waals surface area contributed by atoms with E-state index in [0.29, 0.717) is 23.6 Å². The van der Waals surface area contributed by atoms with Gasteiger partial charge in [-0.25, -0.2) is 9.59 Å². The quantitative estimate of drug-likeness (QED) is 0.588. The Morgan fingerprint density at radius 1 is 1.18 bits per heavy atom. The minimum absolute atomic E-state index is 0.251. The van der Waals surface area contributed by atoms with Crippen molar-refractivity contribution in [3.63, 3.8) is 0 Å². The molecule has 0 spiro atoms. The zero-order valence-corrected chi connectivity index (χ0v) is 12.3. The lowest BCUT2D eigenvalue weighted by atomic mass is 10.2. The molecule has 1 rings (SSSR count). The number of hydrogen-bond acceptors (Lipinski definition) is 5. The van der Waals surface area contributed by atoms with Gasteiger partial charge in [0.15, 0.2) is 0 Å². The lowest BCUT2D eigenvalue weighted by Crippen LogP contribution is -2.11. The summed E-state index contributed by atoms with van der Waals surface area (Å²) in [7, 11) is 0. The fourth-order valence-electron chi connectivity index (χ4n) is 1.56. The maximum atomic E-state index is 11.7. The van der Waals surface area contributed by atoms with Crippen LogP contribution in [0.2, 0.25) is 0 Å². The van der Waals surface area contributed by atoms with Crippen LogP contribution in [0.1, 0.15) is 24.2 Å². The van der Waals surface area contributed by atoms with Crippen LogP contribution in [0, 0.1) is 0 Å². The Labute approximate surface area is 127 Å². The molecule has 1 aromatic carbocycles. The number of carbonyl (C=O) groups is 3. The monoisotopic (exact) mass is 307 g/mol. The Morgan fingerprint density at radius 3 is 2.50 bits per heavy atom. The average molecular weight is 307 g/mol. The first-order chi connectivity index (χ1) is 10.5. The number of ether oxygens (including phenoxy) is 2. The fraction of sp³-hybridized carbons (Fsp3) is 0.267. The van der Waals surface area contributed by atoms with E-state index in [-0.39, 0.29) is 6.61 Å². The van der Waals surface area contributed by atoms with Gasteiger partial charge >= 0.3 is 11.9 Å². The Kier molecular flexibility index (Phi) is 6.62. The molecular formula is C15H17NO6. The molecule has 0 fully saturated rings. The van der Waals surface area contributed by atoms with Gasteiger partial charge < -0.3 is 19.9 Å². The van der Waals surface area contributed by atoms with Crippen LogP contribution < -0.4 is 10.1 Å². The van der Waals surface area contributed by atoms with Crippen molar-refractivity contribution in [2.75, 3.05) is 18.5 Å². The van der Waals surface area contributed by atoms with Crippen LogP contribution in [-0.2, 0) is 14.3 Å². The van der Waals surface area contributed by atoms with E-state index in [4.69, 9.17) is 14.6 Å². The molecule has 0 atom stereocenters. The summed E-state index contributed by atoms with van der Waals surface area (Å²) >= 11 is 0. The SMILES string of the molecule is CCOC(=O)c1ccc(NC(=O)/C=C/C(=O)O)c(OCC)c1. The first-order valence-corrected chi connectivity index (χ1v) is 6.63. The Bertz CT molecular complexity index is 594. The van der Waals surface area contributed by atoms with Crippen molar-refractivity contribution in [1.82, 2.24) is 0 Å². The second kappa shape index (κ2) is 8.46. The first kappa shape index (κ1) is 17.2. The molecule has 0 aliphatic heterocycles. The maximum absolute atomic E-state index is 11.7. The third-order valence-electron chi connectivity index (χ3n) is 2.43. The van der Waals surface area contributed by atoms with Crippen LogP contribution in [0.4, 0.5) is 5.69 Å². The summed E-state index contributed by atoms with van der Waals surface area (Å²) in [6, 6.07) is 4.43. The largest absolute Gasteiger partial charge is 0.492 e. The van der Waals surface area contributed by atoms with E-state index in [1.54, 1.807) is 13.8 Å². The smallest absolute Gasteiger partial charge is 0.338 e. The number of amides is 1. The molecule has 22 heavy (non-hydrogen) atoms. The first-order valence-electron chi connectivity index (χ1n) is 6.63. The summed E-state index contributed by atoms with van der Waals surface area (Å²) in [6.45, 7) is 4.04. The van der Waals surface area contributed by atoms with Crippen LogP contribution in [-0.4, -0.2) is 36.2 Å². The van der Waals surface area contributed by atoms with Crippen molar-refractivity contribution >= 4 is 23.5 Å². The predicted molar refractivity (Wildman–Crippen MR) is 79.0 cm³/mol. The highest BCUT2D eigenvalue weighted by Gasteiger charge is 2.12. The van der Waals surface area contributed by atoms with Crippen molar-refractivity contribution in [2.24, 2.45) is 0 Å². The third-order valence-corrected chi connectivity index (χ3v) is 2.43. The molecule has 1 amide bonds. The van der Waals surface area contributed by atoms with Gasteiger partial charge in [-0.2, -0.15) is 0 Å². The van der Waals surface area contributed by atoms with Gasteiger partial charge in [0.05, 0.1) is 24.5 Å². The van der Waals surface area contributed by atoms with E-state index in [0.717, 1.165) is 12.2 Å². The summed E-state index contributed by atoms with van der Waals surface area (Å²) in [6.07, 6.45) is 1.61. The van der Waals surface area contributed by atoms with Gasteiger partial charge in [-0.3, -0.25) is 4.79 Å². The summed E-state index contributed by atoms with van der Waals surface area (Å²) in [5.41, 5.74) is 0.624. The number of carbonyl (C=O) groups excluding carboxylic acids is 2. The number of nitrogens with one attached hydrogen (secondary N) is 1. The Morgan fingerprint density at radius 2 is 1.91 bits per heavy atom. The molecule has 7 nitrogen and oxygen atoms in total. The lowest BCUT2D eigenvalue weighted by Gasteiger charge is -2.12. The molecule has 0 aliphatic carbocycles. The number of aliphatic carboxylic acids is 1. The average Bonchev–Trinajstić information content (AvgIpc) is 2.47. The molecule has 0 aromatic heterocycles. The molecule has 0 saturated carbocycles. The fourth-order valence-corrected chi connectivity index (χ4v) is 1.56. The highest BCUT2D eigenvalue weighted by molar-refractivity contribution is 6.03. The molecule has 0 radical (unpaired) electrons. The molecule has 0 aliphatic rings. The molecule has 0 unspecified atom stereocenters. The molecule has 0 saturated heterocycles. The van der Waals surface area contributed by atoms with E-state index in [1.807, 2.05) is 0 Å². The Hall–Kier alpha value is -2.83. The van der Waals surface area contributed by atoms with E-state index in [9.17, 15) is 14.4 Å². The summed E-state index contributed by atoms with van der Waals surface area (Å²) in [4.78, 5) is 33.6. The number of benzene rings is 1. The highest BCUT2D eigenvalue weighted by atomic mass is 16.5. The van der Waals surface area contributed by atoms with Gasteiger partial charge in [0.2, 0.25) is 5.91 Å². The topological polar surface area (TPSA) is 102 Å². The van der Waals surface area contributed by atoms with Gasteiger partial charge in [0.25, 0.3) is 0 Å². The lowest BCUT2D eigenvalue weighted by molar-refractivity contribution is -0.131. The molecule has 7 heteroatoms. The van der Waals surface area contributed by atoms with Crippen LogP contribution >= 0.6 is 0 Å². The number of hydrogen-bond donors (Lipinski definition) is 2. The number of esters is 1. The van der Waals surface area contributed by atoms with Gasteiger partial charge in [-0.05, 0) is 32.0 Å². The van der Waals surface area contributed by atoms with Gasteiger partial charge in [0, 0.05) is 12.2 Å². The highest BCUT2D eigenvalue weighted by Crippen LogP contribution is 2.26. The number of carboxylic acid groups (broad SMARTS) is 1. The van der Waals surface area contributed by atoms with Crippen molar-refractivity contribution < 1.29 is 29.0 Å². The summed E-state index contributed by atoms with van der Waals surface area (Å²) < 4.78 is 10.3. The minimum atomic E-state index is -1.22. The number of anilines is 1. The van der Waals surface area contributed by atoms with E-state index in [2.05, 4.69) is 5.32 Å². The zero-order valence-electron chi connectivity index (χ0n) is 12.3. The molecule has 1 aromatic rings. The normalized spacial score (nSPS) is 10.3. The van der Waals surface area contributed by atoms with Crippen LogP contribution in [0.3, 0.4) is 0 Å². The van der Waals surface area contributed by atoms with Crippen LogP contribution in [0.15, 0.2) is 30.4 Å². The molecule has 118 valence electrons. The predicted octanol–water partition coefficient (Wildman–Crippen LogP) is 1.84. The Balaban J connectivity index is 2.96. The molecular weight excluding hydrogens is 290 g/mol. The van der Waals surface area contributed by atoms with E-state index < -0.39 is 17.8 Å². The number of rotatable bonds is 7. The summed E-state index contributed by atoms with van der Waals surface area (Å²) in [5, 5.41) is 11.0. The van der Waals surface area contributed by atoms with Gasteiger partial charge in [-0.1, -0.05) is 0 Å². The second-order valence-electron chi connectivity index (χ2n) is 4.03. The van der Waals surface area contributed by atoms with Crippen molar-refractivity contribution in [2.45, 2.75) is 13.8 Å². The standard InChI is InChI=1S/C15H17NO6/c1-3-21-12-9-10(15(20)22-4-2)5-6-11(12)16-13(17)7-8-14(18)19/h5-9H,3-4H2,1-2H3,(H,16,17)(H,18,19)/b8-7+. The van der Waals surface area contributed by atoms with E-state index in [1.165, 1.54) is 18.2 Å². The van der Waals surface area contributed by atoms with Crippen LogP contribution in [0.5, 0.6) is 5.75 Å². The summed E-state index contributed by atoms with van der Waals surface area (Å²) in [5.74, 6) is -2.04. The molecule has 2 N–H and O–H groups in total. The molecule has 0 heterocycles. The van der Waals surface area contributed by atoms with Crippen LogP contribution in [0.25, 0.3) is 0 Å². The van der Waals surface area contributed by atoms with Gasteiger partial charge in [-0.15, -0.1) is 0 Å². The van der Waals surface area contributed by atoms with Crippen molar-refractivity contribution in [3.05, 3.63) is 35.9 Å². The van der Waals surface area contributed by atoms with Gasteiger partial charge in [0.1, 0.15) is 5.75 Å². The molecule has 0 bridgehead atoms.